The van der Waals surface area contributed by atoms with E-state index in [2.05, 4.69) is 40.3 Å². The lowest BCUT2D eigenvalue weighted by atomic mass is 9.95. The van der Waals surface area contributed by atoms with Crippen LogP contribution in [0, 0.1) is 0 Å². The number of amides is 2. The van der Waals surface area contributed by atoms with Crippen molar-refractivity contribution in [1.82, 2.24) is 9.47 Å². The fourth-order valence-electron chi connectivity index (χ4n) is 5.37. The molecule has 178 valence electrons. The SMILES string of the molecule is CCOc1ccc([C@@H]2c3cccn3-c3sc4c(c3CN2C(=O)Nc2ccccc2)CCCC4)cc1. The molecule has 0 saturated heterocycles. The highest BCUT2D eigenvalue weighted by Gasteiger charge is 2.36. The van der Waals surface area contributed by atoms with Gasteiger partial charge in [-0.05, 0) is 80.1 Å². The minimum Gasteiger partial charge on any atom is -0.494 e. The van der Waals surface area contributed by atoms with Gasteiger partial charge in [0.25, 0.3) is 0 Å². The van der Waals surface area contributed by atoms with Gasteiger partial charge in [0.1, 0.15) is 10.8 Å². The Bertz CT molecular complexity index is 1340. The zero-order chi connectivity index (χ0) is 23.8. The molecule has 1 aliphatic heterocycles. The molecule has 2 amide bonds. The summed E-state index contributed by atoms with van der Waals surface area (Å²) in [5.41, 5.74) is 5.74. The monoisotopic (exact) mass is 483 g/mol. The smallest absolute Gasteiger partial charge is 0.322 e. The van der Waals surface area contributed by atoms with E-state index in [1.807, 2.05) is 65.6 Å². The molecule has 0 bridgehead atoms. The van der Waals surface area contributed by atoms with Crippen LogP contribution in [0.25, 0.3) is 5.00 Å². The van der Waals surface area contributed by atoms with Crippen molar-refractivity contribution in [2.45, 2.75) is 45.2 Å². The van der Waals surface area contributed by atoms with E-state index in [4.69, 9.17) is 4.74 Å². The highest BCUT2D eigenvalue weighted by molar-refractivity contribution is 7.15. The first kappa shape index (κ1) is 22.0. The summed E-state index contributed by atoms with van der Waals surface area (Å²) in [4.78, 5) is 17.4. The van der Waals surface area contributed by atoms with Gasteiger partial charge in [-0.25, -0.2) is 4.79 Å². The molecule has 6 rings (SSSR count). The predicted molar refractivity (Wildman–Crippen MR) is 141 cm³/mol. The van der Waals surface area contributed by atoms with Crippen molar-refractivity contribution in [1.29, 1.82) is 0 Å². The van der Waals surface area contributed by atoms with Crippen LogP contribution in [0.5, 0.6) is 5.75 Å². The molecule has 2 aromatic heterocycles. The third-order valence-corrected chi connectivity index (χ3v) is 8.31. The fourth-order valence-corrected chi connectivity index (χ4v) is 6.77. The number of hydrogen-bond acceptors (Lipinski definition) is 3. The molecule has 0 fully saturated rings. The molecular weight excluding hydrogens is 454 g/mol. The van der Waals surface area contributed by atoms with Crippen LogP contribution in [-0.4, -0.2) is 22.1 Å². The number of urea groups is 1. The number of nitrogens with one attached hydrogen (secondary N) is 1. The van der Waals surface area contributed by atoms with E-state index >= 15 is 0 Å². The molecule has 3 heterocycles. The maximum absolute atomic E-state index is 13.9. The fraction of sp³-hybridized carbons (Fsp3) is 0.276. The molecular formula is C29H29N3O2S. The summed E-state index contributed by atoms with van der Waals surface area (Å²) in [7, 11) is 0. The maximum atomic E-state index is 13.9. The maximum Gasteiger partial charge on any atom is 0.322 e. The predicted octanol–water partition coefficient (Wildman–Crippen LogP) is 6.95. The minimum absolute atomic E-state index is 0.0913. The number of rotatable bonds is 4. The first-order chi connectivity index (χ1) is 17.2. The number of carbonyl (C=O) groups excluding carboxylic acids is 1. The number of ether oxygens (including phenoxy) is 1. The van der Waals surface area contributed by atoms with Crippen molar-refractivity contribution in [3.05, 3.63) is 100 Å². The number of aryl methyl sites for hydroxylation is 1. The number of benzene rings is 2. The molecule has 0 radical (unpaired) electrons. The number of nitrogens with zero attached hydrogens (tertiary/aromatic N) is 2. The van der Waals surface area contributed by atoms with Gasteiger partial charge < -0.3 is 19.5 Å². The lowest BCUT2D eigenvalue weighted by molar-refractivity contribution is 0.194. The lowest BCUT2D eigenvalue weighted by Crippen LogP contribution is -2.38. The van der Waals surface area contributed by atoms with Gasteiger partial charge in [-0.3, -0.25) is 0 Å². The summed E-state index contributed by atoms with van der Waals surface area (Å²) in [5.74, 6) is 0.841. The zero-order valence-corrected chi connectivity index (χ0v) is 20.7. The van der Waals surface area contributed by atoms with Gasteiger partial charge in [-0.15, -0.1) is 11.3 Å². The second-order valence-electron chi connectivity index (χ2n) is 9.13. The van der Waals surface area contributed by atoms with E-state index in [0.717, 1.165) is 35.5 Å². The normalized spacial score (nSPS) is 16.6. The van der Waals surface area contributed by atoms with Crippen LogP contribution < -0.4 is 10.1 Å². The Morgan fingerprint density at radius 2 is 1.80 bits per heavy atom. The van der Waals surface area contributed by atoms with Gasteiger partial charge in [0.2, 0.25) is 0 Å². The van der Waals surface area contributed by atoms with Crippen LogP contribution in [0.4, 0.5) is 10.5 Å². The standard InChI is InChI=1S/C29H29N3O2S/c1-2-34-22-16-14-20(15-17-22)27-25-12-8-18-31(25)28-24(23-11-6-7-13-26(23)35-28)19-32(27)29(33)30-21-9-4-3-5-10-21/h3-5,8-10,12,14-18,27H,2,6-7,11,13,19H2,1H3,(H,30,33)/t27-/m1/s1. The minimum atomic E-state index is -0.219. The topological polar surface area (TPSA) is 46.5 Å². The van der Waals surface area contributed by atoms with Crippen molar-refractivity contribution in [3.8, 4) is 10.8 Å². The van der Waals surface area contributed by atoms with E-state index < -0.39 is 0 Å². The summed E-state index contributed by atoms with van der Waals surface area (Å²) in [5, 5.41) is 4.42. The van der Waals surface area contributed by atoms with Crippen molar-refractivity contribution in [2.24, 2.45) is 0 Å². The number of para-hydroxylation sites is 1. The Labute approximate surface area is 210 Å². The van der Waals surface area contributed by atoms with Gasteiger partial charge in [0.15, 0.2) is 0 Å². The Hall–Kier alpha value is -3.51. The number of anilines is 1. The van der Waals surface area contributed by atoms with Gasteiger partial charge in [-0.2, -0.15) is 0 Å². The quantitative estimate of drug-likeness (QED) is 0.341. The van der Waals surface area contributed by atoms with E-state index in [-0.39, 0.29) is 12.1 Å². The van der Waals surface area contributed by atoms with Crippen LogP contribution in [-0.2, 0) is 19.4 Å². The number of aromatic nitrogens is 1. The summed E-state index contributed by atoms with van der Waals surface area (Å²) in [6.45, 7) is 3.20. The van der Waals surface area contributed by atoms with Crippen LogP contribution in [0.1, 0.15) is 53.1 Å². The number of thiophene rings is 1. The molecule has 0 saturated carbocycles. The summed E-state index contributed by atoms with van der Waals surface area (Å²) >= 11 is 1.91. The van der Waals surface area contributed by atoms with Crippen LogP contribution in [0.15, 0.2) is 72.9 Å². The Morgan fingerprint density at radius 3 is 2.60 bits per heavy atom. The van der Waals surface area contributed by atoms with E-state index in [0.29, 0.717) is 13.2 Å². The van der Waals surface area contributed by atoms with Crippen LogP contribution in [0.3, 0.4) is 0 Å². The Balaban J connectivity index is 1.48. The number of hydrogen-bond donors (Lipinski definition) is 1. The Morgan fingerprint density at radius 1 is 1.00 bits per heavy atom. The molecule has 4 aromatic rings. The highest BCUT2D eigenvalue weighted by atomic mass is 32.1. The molecule has 1 aliphatic carbocycles. The molecule has 2 aliphatic rings. The number of carbonyl (C=O) groups is 1. The molecule has 1 N–H and O–H groups in total. The molecule has 1 atom stereocenters. The van der Waals surface area contributed by atoms with Crippen molar-refractivity contribution in [3.63, 3.8) is 0 Å². The zero-order valence-electron chi connectivity index (χ0n) is 19.9. The first-order valence-corrected chi connectivity index (χ1v) is 13.2. The summed E-state index contributed by atoms with van der Waals surface area (Å²) < 4.78 is 8.00. The molecule has 35 heavy (non-hydrogen) atoms. The second kappa shape index (κ2) is 9.27. The molecule has 0 spiro atoms. The molecule has 0 unspecified atom stereocenters. The average Bonchev–Trinajstić information content (AvgIpc) is 3.47. The third-order valence-electron chi connectivity index (χ3n) is 6.97. The molecule has 6 heteroatoms. The average molecular weight is 484 g/mol. The van der Waals surface area contributed by atoms with Crippen molar-refractivity contribution in [2.75, 3.05) is 11.9 Å². The van der Waals surface area contributed by atoms with Crippen molar-refractivity contribution < 1.29 is 9.53 Å². The number of fused-ring (bicyclic) bond motifs is 5. The third kappa shape index (κ3) is 4.02. The lowest BCUT2D eigenvalue weighted by Gasteiger charge is -2.31. The van der Waals surface area contributed by atoms with Gasteiger partial charge >= 0.3 is 6.03 Å². The Kier molecular flexibility index (Phi) is 5.82. The molecule has 2 aromatic carbocycles. The van der Waals surface area contributed by atoms with Crippen molar-refractivity contribution >= 4 is 23.1 Å². The van der Waals surface area contributed by atoms with Gasteiger partial charge in [0.05, 0.1) is 24.9 Å². The first-order valence-electron chi connectivity index (χ1n) is 12.4. The molecule has 5 nitrogen and oxygen atoms in total. The largest absolute Gasteiger partial charge is 0.494 e. The van der Waals surface area contributed by atoms with Gasteiger partial charge in [-0.1, -0.05) is 30.3 Å². The second-order valence-corrected chi connectivity index (χ2v) is 10.2. The van der Waals surface area contributed by atoms with E-state index in [9.17, 15) is 4.79 Å². The van der Waals surface area contributed by atoms with E-state index in [1.165, 1.54) is 33.8 Å². The summed E-state index contributed by atoms with van der Waals surface area (Å²) in [6, 6.07) is 21.8. The highest BCUT2D eigenvalue weighted by Crippen LogP contribution is 2.44. The summed E-state index contributed by atoms with van der Waals surface area (Å²) in [6.07, 6.45) is 6.85. The van der Waals surface area contributed by atoms with Gasteiger partial charge in [0, 0.05) is 22.3 Å². The van der Waals surface area contributed by atoms with Crippen LogP contribution >= 0.6 is 11.3 Å². The van der Waals surface area contributed by atoms with Crippen LogP contribution in [0.2, 0.25) is 0 Å². The van der Waals surface area contributed by atoms with E-state index in [1.54, 1.807) is 0 Å².